The van der Waals surface area contributed by atoms with Gasteiger partial charge in [-0.05, 0) is 39.5 Å². The Balaban J connectivity index is 1.96. The van der Waals surface area contributed by atoms with Crippen LogP contribution in [-0.4, -0.2) is 67.4 Å². The third kappa shape index (κ3) is 5.84. The minimum atomic E-state index is -0.883. The van der Waals surface area contributed by atoms with Crippen LogP contribution in [-0.2, 0) is 14.3 Å². The average molecular weight is 370 g/mol. The number of nitrogens with zero attached hydrogens (tertiary/aromatic N) is 1. The van der Waals surface area contributed by atoms with Crippen LogP contribution in [0.3, 0.4) is 0 Å². The quantitative estimate of drug-likeness (QED) is 0.774. The Morgan fingerprint density at radius 1 is 1.23 bits per heavy atom. The summed E-state index contributed by atoms with van der Waals surface area (Å²) < 4.78 is 10.8. The molecule has 2 N–H and O–H groups in total. The van der Waals surface area contributed by atoms with Crippen molar-refractivity contribution >= 4 is 12.0 Å². The molecule has 1 aliphatic heterocycles. The van der Waals surface area contributed by atoms with Gasteiger partial charge in [0.1, 0.15) is 11.1 Å². The van der Waals surface area contributed by atoms with Crippen LogP contribution < -0.4 is 10.6 Å². The molecule has 26 heavy (non-hydrogen) atoms. The van der Waals surface area contributed by atoms with E-state index in [0.29, 0.717) is 13.0 Å². The van der Waals surface area contributed by atoms with Gasteiger partial charge in [-0.25, -0.2) is 4.79 Å². The molecule has 150 valence electrons. The van der Waals surface area contributed by atoms with Gasteiger partial charge in [-0.1, -0.05) is 19.8 Å². The molecule has 0 aromatic rings. The fourth-order valence-corrected chi connectivity index (χ4v) is 3.72. The van der Waals surface area contributed by atoms with Crippen LogP contribution in [0, 0.1) is 5.92 Å². The van der Waals surface area contributed by atoms with E-state index in [4.69, 9.17) is 9.47 Å². The van der Waals surface area contributed by atoms with E-state index in [1.165, 1.54) is 0 Å². The second kappa shape index (κ2) is 9.04. The minimum absolute atomic E-state index is 0.0761. The Kier molecular flexibility index (Phi) is 7.29. The summed E-state index contributed by atoms with van der Waals surface area (Å²) in [6.45, 7) is 12.2. The van der Waals surface area contributed by atoms with Gasteiger partial charge in [-0.15, -0.1) is 0 Å². The fraction of sp³-hybridized carbons (Fsp3) is 0.895. The van der Waals surface area contributed by atoms with Gasteiger partial charge in [0.25, 0.3) is 0 Å². The highest BCUT2D eigenvalue weighted by atomic mass is 16.6. The second-order valence-electron chi connectivity index (χ2n) is 8.45. The van der Waals surface area contributed by atoms with Gasteiger partial charge in [0.05, 0.1) is 13.2 Å². The first-order valence-electron chi connectivity index (χ1n) is 9.82. The summed E-state index contributed by atoms with van der Waals surface area (Å²) in [5, 5.41) is 5.97. The SMILES string of the molecule is C[C@H]1CCCC[C@]1(NC(=O)OC(C)(C)C)C(=O)NCCN1CCOCC1. The van der Waals surface area contributed by atoms with Gasteiger partial charge in [0, 0.05) is 26.2 Å². The number of hydrogen-bond acceptors (Lipinski definition) is 5. The Bertz CT molecular complexity index is 486. The largest absolute Gasteiger partial charge is 0.444 e. The molecule has 1 aliphatic carbocycles. The molecule has 2 fully saturated rings. The Morgan fingerprint density at radius 2 is 1.92 bits per heavy atom. The smallest absolute Gasteiger partial charge is 0.408 e. The maximum absolute atomic E-state index is 13.0. The fourth-order valence-electron chi connectivity index (χ4n) is 3.72. The number of hydrogen-bond donors (Lipinski definition) is 2. The van der Waals surface area contributed by atoms with E-state index in [2.05, 4.69) is 15.5 Å². The second-order valence-corrected chi connectivity index (χ2v) is 8.45. The molecule has 7 nitrogen and oxygen atoms in total. The molecule has 1 saturated carbocycles. The van der Waals surface area contributed by atoms with Crippen LogP contribution in [0.15, 0.2) is 0 Å². The molecule has 2 aliphatic rings. The number of ether oxygens (including phenoxy) is 2. The summed E-state index contributed by atoms with van der Waals surface area (Å²) >= 11 is 0. The topological polar surface area (TPSA) is 79.9 Å². The van der Waals surface area contributed by atoms with E-state index >= 15 is 0 Å². The lowest BCUT2D eigenvalue weighted by Crippen LogP contribution is -2.64. The van der Waals surface area contributed by atoms with E-state index < -0.39 is 17.2 Å². The number of carbonyl (C=O) groups excluding carboxylic acids is 2. The van der Waals surface area contributed by atoms with Crippen molar-refractivity contribution in [1.29, 1.82) is 0 Å². The zero-order chi connectivity index (χ0) is 19.2. The van der Waals surface area contributed by atoms with Crippen LogP contribution in [0.5, 0.6) is 0 Å². The van der Waals surface area contributed by atoms with Gasteiger partial charge in [0.15, 0.2) is 0 Å². The summed E-state index contributed by atoms with van der Waals surface area (Å²) in [5.74, 6) is -0.0176. The number of carbonyl (C=O) groups is 2. The van der Waals surface area contributed by atoms with Crippen molar-refractivity contribution in [2.24, 2.45) is 5.92 Å². The molecule has 0 bridgehead atoms. The zero-order valence-corrected chi connectivity index (χ0v) is 16.7. The zero-order valence-electron chi connectivity index (χ0n) is 16.7. The number of amides is 2. The maximum atomic E-state index is 13.0. The van der Waals surface area contributed by atoms with E-state index in [1.54, 1.807) is 0 Å². The predicted molar refractivity (Wildman–Crippen MR) is 100 cm³/mol. The van der Waals surface area contributed by atoms with Crippen molar-refractivity contribution in [3.63, 3.8) is 0 Å². The van der Waals surface area contributed by atoms with Crippen LogP contribution in [0.2, 0.25) is 0 Å². The molecule has 2 atom stereocenters. The van der Waals surface area contributed by atoms with Crippen molar-refractivity contribution in [1.82, 2.24) is 15.5 Å². The molecular formula is C19H35N3O4. The van der Waals surface area contributed by atoms with E-state index in [-0.39, 0.29) is 11.8 Å². The van der Waals surface area contributed by atoms with Crippen LogP contribution in [0.4, 0.5) is 4.79 Å². The number of rotatable bonds is 5. The number of alkyl carbamates (subject to hydrolysis) is 1. The highest BCUT2D eigenvalue weighted by Gasteiger charge is 2.46. The lowest BCUT2D eigenvalue weighted by atomic mass is 9.73. The van der Waals surface area contributed by atoms with Crippen LogP contribution in [0.1, 0.15) is 53.4 Å². The standard InChI is InChI=1S/C19H35N3O4/c1-15-7-5-6-8-19(15,21-17(24)26-18(2,3)4)16(23)20-9-10-22-11-13-25-14-12-22/h15H,5-14H2,1-4H3,(H,20,23)(H,21,24)/t15-,19+/m0/s1. The van der Waals surface area contributed by atoms with Crippen molar-refractivity contribution in [2.75, 3.05) is 39.4 Å². The normalized spacial score (nSPS) is 27.6. The first kappa shape index (κ1) is 21.0. The van der Waals surface area contributed by atoms with Gasteiger partial charge in [-0.2, -0.15) is 0 Å². The maximum Gasteiger partial charge on any atom is 0.408 e. The van der Waals surface area contributed by atoms with Crippen LogP contribution in [0.25, 0.3) is 0 Å². The molecule has 1 heterocycles. The van der Waals surface area contributed by atoms with Crippen LogP contribution >= 0.6 is 0 Å². The van der Waals surface area contributed by atoms with Crippen molar-refractivity contribution in [3.8, 4) is 0 Å². The summed E-state index contributed by atoms with van der Waals surface area (Å²) in [4.78, 5) is 27.7. The van der Waals surface area contributed by atoms with Crippen molar-refractivity contribution in [2.45, 2.75) is 64.5 Å². The third-order valence-electron chi connectivity index (χ3n) is 5.25. The van der Waals surface area contributed by atoms with Gasteiger partial charge in [0.2, 0.25) is 5.91 Å². The average Bonchev–Trinajstić information content (AvgIpc) is 2.56. The molecule has 0 aromatic carbocycles. The summed E-state index contributed by atoms with van der Waals surface area (Å²) in [7, 11) is 0. The molecule has 0 aromatic heterocycles. The highest BCUT2D eigenvalue weighted by molar-refractivity contribution is 5.90. The van der Waals surface area contributed by atoms with Crippen molar-refractivity contribution < 1.29 is 19.1 Å². The van der Waals surface area contributed by atoms with Gasteiger partial charge in [-0.3, -0.25) is 9.69 Å². The lowest BCUT2D eigenvalue weighted by Gasteiger charge is -2.42. The van der Waals surface area contributed by atoms with Gasteiger partial charge >= 0.3 is 6.09 Å². The Hall–Kier alpha value is -1.34. The molecule has 0 unspecified atom stereocenters. The molecule has 0 radical (unpaired) electrons. The predicted octanol–water partition coefficient (Wildman–Crippen LogP) is 1.91. The number of morpholine rings is 1. The summed E-state index contributed by atoms with van der Waals surface area (Å²) in [6.07, 6.45) is 3.06. The monoisotopic (exact) mass is 369 g/mol. The van der Waals surface area contributed by atoms with E-state index in [1.807, 2.05) is 27.7 Å². The third-order valence-corrected chi connectivity index (χ3v) is 5.25. The van der Waals surface area contributed by atoms with E-state index in [9.17, 15) is 9.59 Å². The molecule has 2 amide bonds. The molecule has 0 spiro atoms. The summed E-state index contributed by atoms with van der Waals surface area (Å²) in [6, 6.07) is 0. The minimum Gasteiger partial charge on any atom is -0.444 e. The first-order chi connectivity index (χ1) is 12.2. The number of nitrogens with one attached hydrogen (secondary N) is 2. The van der Waals surface area contributed by atoms with Gasteiger partial charge < -0.3 is 20.1 Å². The lowest BCUT2D eigenvalue weighted by molar-refractivity contribution is -0.131. The Labute approximate surface area is 157 Å². The molecule has 1 saturated heterocycles. The summed E-state index contributed by atoms with van der Waals surface area (Å²) in [5.41, 5.74) is -1.47. The molecular weight excluding hydrogens is 334 g/mol. The highest BCUT2D eigenvalue weighted by Crippen LogP contribution is 2.34. The molecule has 7 heteroatoms. The van der Waals surface area contributed by atoms with E-state index in [0.717, 1.165) is 52.1 Å². The Morgan fingerprint density at radius 3 is 2.54 bits per heavy atom. The first-order valence-corrected chi connectivity index (χ1v) is 9.82. The molecule has 2 rings (SSSR count). The van der Waals surface area contributed by atoms with Crippen molar-refractivity contribution in [3.05, 3.63) is 0 Å².